The van der Waals surface area contributed by atoms with Gasteiger partial charge in [0.15, 0.2) is 0 Å². The number of nitrogens with two attached hydrogens (primary N) is 1. The van der Waals surface area contributed by atoms with Gasteiger partial charge in [0.05, 0.1) is 13.0 Å². The van der Waals surface area contributed by atoms with Gasteiger partial charge in [-0.15, -0.1) is 0 Å². The summed E-state index contributed by atoms with van der Waals surface area (Å²) in [6.07, 6.45) is 1.73. The maximum Gasteiger partial charge on any atom is 0.309 e. The van der Waals surface area contributed by atoms with Gasteiger partial charge in [-0.05, 0) is 25.2 Å². The van der Waals surface area contributed by atoms with Crippen molar-refractivity contribution in [2.75, 3.05) is 7.11 Å². The molecule has 1 rings (SSSR count). The lowest BCUT2D eigenvalue weighted by Crippen LogP contribution is -2.49. The van der Waals surface area contributed by atoms with Crippen LogP contribution in [0.4, 0.5) is 0 Å². The number of esters is 1. The predicted molar refractivity (Wildman–Crippen MR) is 51.1 cm³/mol. The molecule has 13 heavy (non-hydrogen) atoms. The zero-order valence-electron chi connectivity index (χ0n) is 8.89. The lowest BCUT2D eigenvalue weighted by atomic mass is 9.72. The quantitative estimate of drug-likeness (QED) is 0.627. The van der Waals surface area contributed by atoms with E-state index >= 15 is 0 Å². The molecule has 1 aliphatic rings. The predicted octanol–water partition coefficient (Wildman–Crippen LogP) is 1.31. The average molecular weight is 185 g/mol. The van der Waals surface area contributed by atoms with Crippen molar-refractivity contribution in [3.8, 4) is 0 Å². The van der Waals surface area contributed by atoms with Gasteiger partial charge >= 0.3 is 5.97 Å². The Kier molecular flexibility index (Phi) is 2.41. The fourth-order valence-corrected chi connectivity index (χ4v) is 2.08. The van der Waals surface area contributed by atoms with Gasteiger partial charge in [-0.2, -0.15) is 0 Å². The van der Waals surface area contributed by atoms with Crippen LogP contribution in [-0.2, 0) is 9.53 Å². The molecule has 76 valence electrons. The van der Waals surface area contributed by atoms with Crippen LogP contribution in [0.1, 0.15) is 33.6 Å². The topological polar surface area (TPSA) is 52.3 Å². The highest BCUT2D eigenvalue weighted by atomic mass is 16.5. The molecule has 0 bridgehead atoms. The second-order valence-corrected chi connectivity index (χ2v) is 4.75. The van der Waals surface area contributed by atoms with E-state index in [1.165, 1.54) is 7.11 Å². The number of rotatable bonds is 1. The first-order valence-corrected chi connectivity index (χ1v) is 4.69. The number of hydrogen-bond acceptors (Lipinski definition) is 3. The number of carbonyl (C=O) groups is 1. The molecule has 0 heterocycles. The van der Waals surface area contributed by atoms with E-state index in [4.69, 9.17) is 10.5 Å². The van der Waals surface area contributed by atoms with Crippen LogP contribution in [-0.4, -0.2) is 18.6 Å². The Morgan fingerprint density at radius 2 is 2.00 bits per heavy atom. The largest absolute Gasteiger partial charge is 0.469 e. The Balaban J connectivity index is 2.88. The van der Waals surface area contributed by atoms with Crippen molar-refractivity contribution in [3.63, 3.8) is 0 Å². The summed E-state index contributed by atoms with van der Waals surface area (Å²) in [5, 5.41) is 0. The van der Waals surface area contributed by atoms with Gasteiger partial charge in [-0.1, -0.05) is 13.8 Å². The first-order valence-electron chi connectivity index (χ1n) is 4.69. The van der Waals surface area contributed by atoms with Crippen molar-refractivity contribution >= 4 is 5.97 Å². The molecule has 1 saturated carbocycles. The van der Waals surface area contributed by atoms with E-state index in [1.54, 1.807) is 0 Å². The average Bonchev–Trinajstić information content (AvgIpc) is 2.22. The summed E-state index contributed by atoms with van der Waals surface area (Å²) in [6, 6.07) is 0. The Morgan fingerprint density at radius 3 is 2.31 bits per heavy atom. The van der Waals surface area contributed by atoms with E-state index in [9.17, 15) is 4.79 Å². The van der Waals surface area contributed by atoms with Crippen LogP contribution in [0.5, 0.6) is 0 Å². The Hall–Kier alpha value is -0.570. The molecule has 0 aromatic rings. The maximum absolute atomic E-state index is 11.4. The normalized spacial score (nSPS) is 37.5. The smallest absolute Gasteiger partial charge is 0.309 e. The molecule has 0 aliphatic heterocycles. The third-order valence-electron chi connectivity index (χ3n) is 3.78. The van der Waals surface area contributed by atoms with Crippen LogP contribution in [0.3, 0.4) is 0 Å². The Bertz CT molecular complexity index is 221. The zero-order chi connectivity index (χ0) is 10.3. The summed E-state index contributed by atoms with van der Waals surface area (Å²) in [4.78, 5) is 11.4. The molecular weight excluding hydrogens is 166 g/mol. The summed E-state index contributed by atoms with van der Waals surface area (Å²) in [7, 11) is 1.44. The third-order valence-corrected chi connectivity index (χ3v) is 3.78. The van der Waals surface area contributed by atoms with Crippen LogP contribution in [0.2, 0.25) is 0 Å². The van der Waals surface area contributed by atoms with E-state index in [0.29, 0.717) is 0 Å². The van der Waals surface area contributed by atoms with Gasteiger partial charge in [0.2, 0.25) is 0 Å². The van der Waals surface area contributed by atoms with Crippen molar-refractivity contribution in [3.05, 3.63) is 0 Å². The SMILES string of the molecule is COC(=O)[C@H]1CC[C@@](C)(N)C1(C)C. The second kappa shape index (κ2) is 2.98. The number of ether oxygens (including phenoxy) is 1. The summed E-state index contributed by atoms with van der Waals surface area (Å²) in [6.45, 7) is 6.10. The highest BCUT2D eigenvalue weighted by Crippen LogP contribution is 2.48. The minimum absolute atomic E-state index is 0.0486. The molecule has 0 aromatic carbocycles. The minimum Gasteiger partial charge on any atom is -0.469 e. The standard InChI is InChI=1S/C10H19NO2/c1-9(2)7(8(12)13-4)5-6-10(9,3)11/h7H,5-6,11H2,1-4H3/t7-,10-/m1/s1. The van der Waals surface area contributed by atoms with Crippen LogP contribution >= 0.6 is 0 Å². The Morgan fingerprint density at radius 1 is 1.46 bits per heavy atom. The van der Waals surface area contributed by atoms with Gasteiger partial charge in [0.1, 0.15) is 0 Å². The molecular formula is C10H19NO2. The first kappa shape index (κ1) is 10.5. The van der Waals surface area contributed by atoms with Crippen molar-refractivity contribution in [1.29, 1.82) is 0 Å². The molecule has 2 atom stereocenters. The molecule has 0 saturated heterocycles. The third kappa shape index (κ3) is 1.46. The van der Waals surface area contributed by atoms with Gasteiger partial charge in [-0.3, -0.25) is 4.79 Å². The molecule has 0 radical (unpaired) electrons. The fourth-order valence-electron chi connectivity index (χ4n) is 2.08. The molecule has 0 unspecified atom stereocenters. The summed E-state index contributed by atoms with van der Waals surface area (Å²) in [5.41, 5.74) is 5.71. The lowest BCUT2D eigenvalue weighted by Gasteiger charge is -2.37. The van der Waals surface area contributed by atoms with Gasteiger partial charge in [0, 0.05) is 5.54 Å². The number of carbonyl (C=O) groups excluding carboxylic acids is 1. The van der Waals surface area contributed by atoms with Gasteiger partial charge < -0.3 is 10.5 Å². The molecule has 3 nitrogen and oxygen atoms in total. The molecule has 2 N–H and O–H groups in total. The Labute approximate surface area is 79.6 Å². The van der Waals surface area contributed by atoms with Crippen molar-refractivity contribution < 1.29 is 9.53 Å². The lowest BCUT2D eigenvalue weighted by molar-refractivity contribution is -0.149. The maximum atomic E-state index is 11.4. The molecule has 1 aliphatic carbocycles. The number of hydrogen-bond donors (Lipinski definition) is 1. The summed E-state index contributed by atoms with van der Waals surface area (Å²) >= 11 is 0. The molecule has 0 aromatic heterocycles. The summed E-state index contributed by atoms with van der Waals surface area (Å²) in [5.74, 6) is -0.174. The molecule has 3 heteroatoms. The minimum atomic E-state index is -0.258. The zero-order valence-corrected chi connectivity index (χ0v) is 8.89. The van der Waals surface area contributed by atoms with E-state index in [2.05, 4.69) is 0 Å². The van der Waals surface area contributed by atoms with Gasteiger partial charge in [-0.25, -0.2) is 0 Å². The van der Waals surface area contributed by atoms with E-state index in [-0.39, 0.29) is 22.8 Å². The highest BCUT2D eigenvalue weighted by molar-refractivity contribution is 5.74. The monoisotopic (exact) mass is 185 g/mol. The van der Waals surface area contributed by atoms with Crippen LogP contribution in [0.25, 0.3) is 0 Å². The second-order valence-electron chi connectivity index (χ2n) is 4.75. The van der Waals surface area contributed by atoms with E-state index in [0.717, 1.165) is 12.8 Å². The highest BCUT2D eigenvalue weighted by Gasteiger charge is 2.52. The van der Waals surface area contributed by atoms with Crippen molar-refractivity contribution in [1.82, 2.24) is 0 Å². The first-order chi connectivity index (χ1) is 5.83. The molecule has 0 spiro atoms. The number of methoxy groups -OCH3 is 1. The summed E-state index contributed by atoms with van der Waals surface area (Å²) < 4.78 is 4.77. The van der Waals surface area contributed by atoms with Crippen LogP contribution in [0, 0.1) is 11.3 Å². The van der Waals surface area contributed by atoms with Crippen molar-refractivity contribution in [2.24, 2.45) is 17.1 Å². The van der Waals surface area contributed by atoms with Crippen molar-refractivity contribution in [2.45, 2.75) is 39.2 Å². The van der Waals surface area contributed by atoms with Gasteiger partial charge in [0.25, 0.3) is 0 Å². The fraction of sp³-hybridized carbons (Fsp3) is 0.900. The van der Waals surface area contributed by atoms with E-state index in [1.807, 2.05) is 20.8 Å². The van der Waals surface area contributed by atoms with Crippen LogP contribution in [0.15, 0.2) is 0 Å². The van der Waals surface area contributed by atoms with Crippen LogP contribution < -0.4 is 5.73 Å². The molecule has 1 fully saturated rings. The molecule has 0 amide bonds. The van der Waals surface area contributed by atoms with E-state index < -0.39 is 0 Å².